The number of nitrogens with one attached hydrogen (secondary N) is 1. The monoisotopic (exact) mass is 171 g/mol. The third-order valence-corrected chi connectivity index (χ3v) is 2.10. The standard InChI is InChI=1S/C8H13NO3/c1-8(4-7(11)12-2)3-6(10)9-5-8/h3-5H2,1-2H3,(H,9,10). The van der Waals surface area contributed by atoms with Crippen LogP contribution in [0.5, 0.6) is 0 Å². The van der Waals surface area contributed by atoms with Crippen molar-refractivity contribution in [2.75, 3.05) is 13.7 Å². The van der Waals surface area contributed by atoms with Gasteiger partial charge in [0, 0.05) is 18.4 Å². The fourth-order valence-electron chi connectivity index (χ4n) is 1.37. The minimum absolute atomic E-state index is 0.0152. The molecule has 1 atom stereocenters. The number of hydrogen-bond acceptors (Lipinski definition) is 3. The Morgan fingerprint density at radius 3 is 2.83 bits per heavy atom. The quantitative estimate of drug-likeness (QED) is 0.598. The topological polar surface area (TPSA) is 55.4 Å². The Morgan fingerprint density at radius 2 is 2.42 bits per heavy atom. The van der Waals surface area contributed by atoms with E-state index < -0.39 is 0 Å². The number of esters is 1. The summed E-state index contributed by atoms with van der Waals surface area (Å²) in [7, 11) is 1.36. The molecule has 0 aromatic rings. The third kappa shape index (κ3) is 1.96. The molecule has 1 N–H and O–H groups in total. The highest BCUT2D eigenvalue weighted by atomic mass is 16.5. The van der Waals surface area contributed by atoms with E-state index in [0.717, 1.165) is 0 Å². The minimum Gasteiger partial charge on any atom is -0.469 e. The van der Waals surface area contributed by atoms with Gasteiger partial charge in [-0.2, -0.15) is 0 Å². The van der Waals surface area contributed by atoms with Gasteiger partial charge in [0.2, 0.25) is 5.91 Å². The first kappa shape index (κ1) is 9.03. The van der Waals surface area contributed by atoms with Crippen molar-refractivity contribution in [1.82, 2.24) is 5.32 Å². The zero-order valence-corrected chi connectivity index (χ0v) is 7.35. The van der Waals surface area contributed by atoms with Crippen molar-refractivity contribution in [1.29, 1.82) is 0 Å². The summed E-state index contributed by atoms with van der Waals surface area (Å²) < 4.78 is 4.53. The van der Waals surface area contributed by atoms with E-state index in [4.69, 9.17) is 0 Å². The first-order valence-electron chi connectivity index (χ1n) is 3.89. The van der Waals surface area contributed by atoms with Crippen molar-refractivity contribution in [3.05, 3.63) is 0 Å². The Bertz CT molecular complexity index is 214. The fourth-order valence-corrected chi connectivity index (χ4v) is 1.37. The van der Waals surface area contributed by atoms with E-state index in [1.165, 1.54) is 7.11 Å². The van der Waals surface area contributed by atoms with Crippen molar-refractivity contribution in [2.24, 2.45) is 5.41 Å². The van der Waals surface area contributed by atoms with E-state index in [0.29, 0.717) is 19.4 Å². The van der Waals surface area contributed by atoms with Gasteiger partial charge in [-0.05, 0) is 0 Å². The minimum atomic E-state index is -0.256. The molecule has 1 aliphatic heterocycles. The molecule has 4 heteroatoms. The van der Waals surface area contributed by atoms with Crippen LogP contribution in [-0.4, -0.2) is 25.5 Å². The van der Waals surface area contributed by atoms with Crippen molar-refractivity contribution in [2.45, 2.75) is 19.8 Å². The molecule has 0 aromatic carbocycles. The molecule has 12 heavy (non-hydrogen) atoms. The van der Waals surface area contributed by atoms with Gasteiger partial charge in [-0.1, -0.05) is 6.92 Å². The average Bonchev–Trinajstić information content (AvgIpc) is 2.30. The van der Waals surface area contributed by atoms with Crippen LogP contribution >= 0.6 is 0 Å². The summed E-state index contributed by atoms with van der Waals surface area (Å²) in [5, 5.41) is 2.69. The van der Waals surface area contributed by atoms with Gasteiger partial charge in [0.15, 0.2) is 0 Å². The largest absolute Gasteiger partial charge is 0.469 e. The van der Waals surface area contributed by atoms with Crippen molar-refractivity contribution in [3.63, 3.8) is 0 Å². The molecule has 1 amide bonds. The molecule has 1 rings (SSSR count). The molecular formula is C8H13NO3. The molecule has 1 aliphatic rings. The highest BCUT2D eigenvalue weighted by molar-refractivity contribution is 5.81. The van der Waals surface area contributed by atoms with Crippen molar-refractivity contribution in [3.8, 4) is 0 Å². The Balaban J connectivity index is 2.50. The second-order valence-corrected chi connectivity index (χ2v) is 3.52. The normalized spacial score (nSPS) is 28.3. The lowest BCUT2D eigenvalue weighted by Crippen LogP contribution is -2.24. The summed E-state index contributed by atoms with van der Waals surface area (Å²) in [6.45, 7) is 2.47. The number of methoxy groups -OCH3 is 1. The molecule has 0 radical (unpaired) electrons. The summed E-state index contributed by atoms with van der Waals surface area (Å²) in [6, 6.07) is 0. The summed E-state index contributed by atoms with van der Waals surface area (Å²) in [5.41, 5.74) is -0.246. The predicted molar refractivity (Wildman–Crippen MR) is 42.4 cm³/mol. The summed E-state index contributed by atoms with van der Waals surface area (Å²) in [6.07, 6.45) is 0.727. The molecule has 1 unspecified atom stereocenters. The lowest BCUT2D eigenvalue weighted by molar-refractivity contribution is -0.142. The lowest BCUT2D eigenvalue weighted by Gasteiger charge is -2.18. The highest BCUT2D eigenvalue weighted by Crippen LogP contribution is 2.29. The Labute approximate surface area is 71.3 Å². The summed E-state index contributed by atoms with van der Waals surface area (Å²) in [4.78, 5) is 21.8. The van der Waals surface area contributed by atoms with Crippen LogP contribution in [0.25, 0.3) is 0 Å². The van der Waals surface area contributed by atoms with E-state index in [9.17, 15) is 9.59 Å². The third-order valence-electron chi connectivity index (χ3n) is 2.10. The van der Waals surface area contributed by atoms with Crippen LogP contribution in [0.3, 0.4) is 0 Å². The number of ether oxygens (including phenoxy) is 1. The summed E-state index contributed by atoms with van der Waals surface area (Å²) in [5.74, 6) is -0.240. The Morgan fingerprint density at radius 1 is 1.75 bits per heavy atom. The number of hydrogen-bond donors (Lipinski definition) is 1. The van der Waals surface area contributed by atoms with Gasteiger partial charge < -0.3 is 10.1 Å². The van der Waals surface area contributed by atoms with Crippen LogP contribution in [-0.2, 0) is 14.3 Å². The molecule has 1 saturated heterocycles. The predicted octanol–water partition coefficient (Wildman–Crippen LogP) is 0.0757. The highest BCUT2D eigenvalue weighted by Gasteiger charge is 2.36. The molecule has 0 saturated carbocycles. The van der Waals surface area contributed by atoms with E-state index in [1.807, 2.05) is 6.92 Å². The van der Waals surface area contributed by atoms with Crippen LogP contribution in [0.1, 0.15) is 19.8 Å². The molecule has 0 aromatic heterocycles. The zero-order chi connectivity index (χ0) is 9.19. The molecule has 0 aliphatic carbocycles. The van der Waals surface area contributed by atoms with E-state index in [1.54, 1.807) is 0 Å². The Kier molecular flexibility index (Phi) is 2.35. The van der Waals surface area contributed by atoms with Gasteiger partial charge >= 0.3 is 5.97 Å². The SMILES string of the molecule is COC(=O)CC1(C)CNC(=O)C1. The molecular weight excluding hydrogens is 158 g/mol. The molecule has 4 nitrogen and oxygen atoms in total. The number of carbonyl (C=O) groups excluding carboxylic acids is 2. The average molecular weight is 171 g/mol. The van der Waals surface area contributed by atoms with Crippen molar-refractivity contribution < 1.29 is 14.3 Å². The molecule has 1 fully saturated rings. The fraction of sp³-hybridized carbons (Fsp3) is 0.750. The van der Waals surface area contributed by atoms with Gasteiger partial charge in [0.25, 0.3) is 0 Å². The number of rotatable bonds is 2. The second kappa shape index (κ2) is 3.13. The van der Waals surface area contributed by atoms with Gasteiger partial charge in [0.1, 0.15) is 0 Å². The molecule has 68 valence electrons. The number of amides is 1. The maximum absolute atomic E-state index is 10.9. The zero-order valence-electron chi connectivity index (χ0n) is 7.35. The van der Waals surface area contributed by atoms with Crippen LogP contribution in [0.2, 0.25) is 0 Å². The molecule has 0 spiro atoms. The Hall–Kier alpha value is -1.06. The van der Waals surface area contributed by atoms with Crippen molar-refractivity contribution >= 4 is 11.9 Å². The van der Waals surface area contributed by atoms with Crippen LogP contribution in [0.4, 0.5) is 0 Å². The summed E-state index contributed by atoms with van der Waals surface area (Å²) >= 11 is 0. The first-order chi connectivity index (χ1) is 5.56. The first-order valence-corrected chi connectivity index (χ1v) is 3.89. The molecule has 0 bridgehead atoms. The second-order valence-electron chi connectivity index (χ2n) is 3.52. The maximum atomic E-state index is 10.9. The van der Waals surface area contributed by atoms with E-state index in [-0.39, 0.29) is 17.3 Å². The van der Waals surface area contributed by atoms with Crippen LogP contribution in [0.15, 0.2) is 0 Å². The van der Waals surface area contributed by atoms with Gasteiger partial charge in [-0.25, -0.2) is 0 Å². The van der Waals surface area contributed by atoms with E-state index in [2.05, 4.69) is 10.1 Å². The van der Waals surface area contributed by atoms with Crippen LogP contribution in [0, 0.1) is 5.41 Å². The van der Waals surface area contributed by atoms with E-state index >= 15 is 0 Å². The smallest absolute Gasteiger partial charge is 0.306 e. The van der Waals surface area contributed by atoms with Gasteiger partial charge in [-0.3, -0.25) is 9.59 Å². The lowest BCUT2D eigenvalue weighted by atomic mass is 9.86. The van der Waals surface area contributed by atoms with Gasteiger partial charge in [0.05, 0.1) is 13.5 Å². The number of carbonyl (C=O) groups is 2. The van der Waals surface area contributed by atoms with Gasteiger partial charge in [-0.15, -0.1) is 0 Å². The maximum Gasteiger partial charge on any atom is 0.306 e. The van der Waals surface area contributed by atoms with Crippen LogP contribution < -0.4 is 5.32 Å². The molecule has 1 heterocycles.